The molecule has 1 atom stereocenters. The molecule has 5 heteroatoms. The lowest BCUT2D eigenvalue weighted by atomic mass is 9.94. The molecule has 0 aromatic carbocycles. The lowest BCUT2D eigenvalue weighted by molar-refractivity contribution is -0.137. The number of nitrogens with one attached hydrogen (secondary N) is 1. The van der Waals surface area contributed by atoms with Crippen molar-refractivity contribution >= 4 is 11.9 Å². The molecule has 0 aliphatic rings. The highest BCUT2D eigenvalue weighted by atomic mass is 16.4. The molecule has 0 fully saturated rings. The quantitative estimate of drug-likeness (QED) is 0.473. The normalized spacial score (nSPS) is 12.1. The van der Waals surface area contributed by atoms with Gasteiger partial charge in [-0.05, 0) is 38.1 Å². The highest BCUT2D eigenvalue weighted by Gasteiger charge is 2.09. The van der Waals surface area contributed by atoms with E-state index >= 15 is 0 Å². The molecule has 1 amide bonds. The number of hydrogen-bond acceptors (Lipinski definition) is 3. The van der Waals surface area contributed by atoms with E-state index in [1.807, 2.05) is 0 Å². The summed E-state index contributed by atoms with van der Waals surface area (Å²) < 4.78 is 0. The summed E-state index contributed by atoms with van der Waals surface area (Å²) in [7, 11) is 0. The molecule has 4 N–H and O–H groups in total. The summed E-state index contributed by atoms with van der Waals surface area (Å²) >= 11 is 0. The van der Waals surface area contributed by atoms with Crippen molar-refractivity contribution in [3.8, 4) is 0 Å². The van der Waals surface area contributed by atoms with Crippen LogP contribution >= 0.6 is 0 Å². The number of carboxylic acids is 1. The Morgan fingerprint density at radius 2 is 1.89 bits per heavy atom. The van der Waals surface area contributed by atoms with Crippen molar-refractivity contribution in [2.24, 2.45) is 11.7 Å². The second kappa shape index (κ2) is 12.0. The summed E-state index contributed by atoms with van der Waals surface area (Å²) in [6.45, 7) is 3.40. The first-order chi connectivity index (χ1) is 9.10. The summed E-state index contributed by atoms with van der Waals surface area (Å²) in [4.78, 5) is 21.9. The fourth-order valence-electron chi connectivity index (χ4n) is 2.13. The van der Waals surface area contributed by atoms with E-state index in [2.05, 4.69) is 12.2 Å². The molecule has 112 valence electrons. The van der Waals surface area contributed by atoms with E-state index in [1.54, 1.807) is 0 Å². The van der Waals surface area contributed by atoms with Gasteiger partial charge in [-0.2, -0.15) is 0 Å². The zero-order chi connectivity index (χ0) is 14.5. The minimum atomic E-state index is -0.782. The van der Waals surface area contributed by atoms with Crippen LogP contribution < -0.4 is 11.1 Å². The largest absolute Gasteiger partial charge is 0.481 e. The van der Waals surface area contributed by atoms with Gasteiger partial charge in [0.05, 0.1) is 0 Å². The Bertz CT molecular complexity index is 251. The highest BCUT2D eigenvalue weighted by Crippen LogP contribution is 2.16. The Morgan fingerprint density at radius 1 is 1.16 bits per heavy atom. The third kappa shape index (κ3) is 11.7. The van der Waals surface area contributed by atoms with Crippen molar-refractivity contribution in [2.45, 2.75) is 58.3 Å². The standard InChI is InChI=1S/C14H28N2O3/c1-2-5-12(9-10-15)7-8-13(17)16-11-4-3-6-14(18)19/h12H,2-11,15H2,1H3,(H,16,17)(H,18,19). The molecule has 0 aliphatic heterocycles. The molecule has 0 saturated heterocycles. The van der Waals surface area contributed by atoms with Gasteiger partial charge in [-0.25, -0.2) is 0 Å². The van der Waals surface area contributed by atoms with Crippen LogP contribution in [0.5, 0.6) is 0 Å². The predicted molar refractivity (Wildman–Crippen MR) is 75.8 cm³/mol. The average molecular weight is 272 g/mol. The van der Waals surface area contributed by atoms with Gasteiger partial charge in [-0.15, -0.1) is 0 Å². The lowest BCUT2D eigenvalue weighted by Crippen LogP contribution is -2.25. The fraction of sp³-hybridized carbons (Fsp3) is 0.857. The molecule has 0 aliphatic carbocycles. The zero-order valence-electron chi connectivity index (χ0n) is 12.0. The third-order valence-corrected chi connectivity index (χ3v) is 3.19. The summed E-state index contributed by atoms with van der Waals surface area (Å²) in [6.07, 6.45) is 6.19. The first kappa shape index (κ1) is 17.9. The molecule has 0 heterocycles. The zero-order valence-corrected chi connectivity index (χ0v) is 12.0. The van der Waals surface area contributed by atoms with E-state index in [9.17, 15) is 9.59 Å². The van der Waals surface area contributed by atoms with Crippen LogP contribution in [0.3, 0.4) is 0 Å². The van der Waals surface area contributed by atoms with E-state index < -0.39 is 5.97 Å². The first-order valence-corrected chi connectivity index (χ1v) is 7.28. The van der Waals surface area contributed by atoms with E-state index in [4.69, 9.17) is 10.8 Å². The number of carboxylic acid groups (broad SMARTS) is 1. The SMILES string of the molecule is CCCC(CCN)CCC(=O)NCCCCC(=O)O. The molecule has 0 aromatic heterocycles. The number of amides is 1. The van der Waals surface area contributed by atoms with Crippen molar-refractivity contribution in [3.05, 3.63) is 0 Å². The molecule has 1 unspecified atom stereocenters. The molecule has 0 radical (unpaired) electrons. The Balaban J connectivity index is 3.58. The van der Waals surface area contributed by atoms with E-state index in [1.165, 1.54) is 0 Å². The smallest absolute Gasteiger partial charge is 0.303 e. The molecule has 0 rings (SSSR count). The molecule has 0 spiro atoms. The number of unbranched alkanes of at least 4 members (excludes halogenated alkanes) is 1. The van der Waals surface area contributed by atoms with Crippen molar-refractivity contribution < 1.29 is 14.7 Å². The van der Waals surface area contributed by atoms with Crippen molar-refractivity contribution in [1.82, 2.24) is 5.32 Å². The Labute approximate surface area is 115 Å². The van der Waals surface area contributed by atoms with Crippen LogP contribution in [0.4, 0.5) is 0 Å². The number of rotatable bonds is 12. The number of nitrogens with two attached hydrogens (primary N) is 1. The number of carbonyl (C=O) groups is 2. The monoisotopic (exact) mass is 272 g/mol. The van der Waals surface area contributed by atoms with Gasteiger partial charge < -0.3 is 16.2 Å². The van der Waals surface area contributed by atoms with Crippen LogP contribution in [0, 0.1) is 5.92 Å². The average Bonchev–Trinajstić information content (AvgIpc) is 2.35. The number of carbonyl (C=O) groups excluding carboxylic acids is 1. The molecule has 0 saturated carbocycles. The van der Waals surface area contributed by atoms with Gasteiger partial charge in [0, 0.05) is 19.4 Å². The Hall–Kier alpha value is -1.10. The van der Waals surface area contributed by atoms with Crippen molar-refractivity contribution in [3.63, 3.8) is 0 Å². The number of hydrogen-bond donors (Lipinski definition) is 3. The lowest BCUT2D eigenvalue weighted by Gasteiger charge is -2.14. The Morgan fingerprint density at radius 3 is 2.47 bits per heavy atom. The summed E-state index contributed by atoms with van der Waals surface area (Å²) in [5.41, 5.74) is 5.56. The minimum absolute atomic E-state index is 0.0634. The van der Waals surface area contributed by atoms with Crippen LogP contribution in [-0.4, -0.2) is 30.1 Å². The molecule has 19 heavy (non-hydrogen) atoms. The second-order valence-electron chi connectivity index (χ2n) is 4.97. The summed E-state index contributed by atoms with van der Waals surface area (Å²) in [5, 5.41) is 11.3. The van der Waals surface area contributed by atoms with Gasteiger partial charge in [0.1, 0.15) is 0 Å². The van der Waals surface area contributed by atoms with Gasteiger partial charge in [0.15, 0.2) is 0 Å². The van der Waals surface area contributed by atoms with Crippen LogP contribution in [0.1, 0.15) is 58.3 Å². The third-order valence-electron chi connectivity index (χ3n) is 3.19. The maximum Gasteiger partial charge on any atom is 0.303 e. The van der Waals surface area contributed by atoms with Crippen LogP contribution in [0.2, 0.25) is 0 Å². The highest BCUT2D eigenvalue weighted by molar-refractivity contribution is 5.75. The topological polar surface area (TPSA) is 92.4 Å². The molecule has 0 bridgehead atoms. The minimum Gasteiger partial charge on any atom is -0.481 e. The van der Waals surface area contributed by atoms with Crippen LogP contribution in [-0.2, 0) is 9.59 Å². The molecule has 0 aromatic rings. The number of aliphatic carboxylic acids is 1. The van der Waals surface area contributed by atoms with Gasteiger partial charge >= 0.3 is 5.97 Å². The fourth-order valence-corrected chi connectivity index (χ4v) is 2.13. The van der Waals surface area contributed by atoms with Crippen molar-refractivity contribution in [1.29, 1.82) is 0 Å². The van der Waals surface area contributed by atoms with Crippen LogP contribution in [0.25, 0.3) is 0 Å². The summed E-state index contributed by atoms with van der Waals surface area (Å²) in [5.74, 6) is -0.170. The van der Waals surface area contributed by atoms with E-state index in [0.29, 0.717) is 31.8 Å². The van der Waals surface area contributed by atoms with E-state index in [-0.39, 0.29) is 12.3 Å². The van der Waals surface area contributed by atoms with Gasteiger partial charge in [0.25, 0.3) is 0 Å². The van der Waals surface area contributed by atoms with Crippen LogP contribution in [0.15, 0.2) is 0 Å². The molecular weight excluding hydrogens is 244 g/mol. The maximum atomic E-state index is 11.6. The maximum absolute atomic E-state index is 11.6. The molecule has 5 nitrogen and oxygen atoms in total. The first-order valence-electron chi connectivity index (χ1n) is 7.28. The summed E-state index contributed by atoms with van der Waals surface area (Å²) in [6, 6.07) is 0. The van der Waals surface area contributed by atoms with E-state index in [0.717, 1.165) is 32.1 Å². The second-order valence-corrected chi connectivity index (χ2v) is 4.97. The molecular formula is C14H28N2O3. The van der Waals surface area contributed by atoms with Gasteiger partial charge in [0.2, 0.25) is 5.91 Å². The van der Waals surface area contributed by atoms with Gasteiger partial charge in [-0.3, -0.25) is 9.59 Å². The van der Waals surface area contributed by atoms with Crippen molar-refractivity contribution in [2.75, 3.05) is 13.1 Å². The van der Waals surface area contributed by atoms with Gasteiger partial charge in [-0.1, -0.05) is 19.8 Å². The Kier molecular flexibility index (Phi) is 11.3. The predicted octanol–water partition coefficient (Wildman–Crippen LogP) is 1.90.